The molecule has 0 aromatic heterocycles. The van der Waals surface area contributed by atoms with E-state index < -0.39 is 23.6 Å². The minimum atomic E-state index is -1.45. The molecule has 6 heteroatoms. The molecule has 17 heavy (non-hydrogen) atoms. The van der Waals surface area contributed by atoms with Crippen molar-refractivity contribution in [1.29, 1.82) is 0 Å². The molecule has 0 radical (unpaired) electrons. The van der Waals surface area contributed by atoms with Crippen molar-refractivity contribution in [1.82, 2.24) is 0 Å². The first-order chi connectivity index (χ1) is 7.91. The minimum absolute atomic E-state index is 0.221. The molecule has 0 aliphatic heterocycles. The second-order valence-electron chi connectivity index (χ2n) is 3.77. The van der Waals surface area contributed by atoms with E-state index in [1.54, 1.807) is 13.8 Å². The summed E-state index contributed by atoms with van der Waals surface area (Å²) in [6.07, 6.45) is 1.57. The Morgan fingerprint density at radius 1 is 1.18 bits per heavy atom. The maximum absolute atomic E-state index is 10.9. The number of hydrogen-bond acceptors (Lipinski definition) is 4. The van der Waals surface area contributed by atoms with Gasteiger partial charge in [0, 0.05) is 0 Å². The molecule has 6 nitrogen and oxygen atoms in total. The lowest BCUT2D eigenvalue weighted by Crippen LogP contribution is -2.18. The first kappa shape index (κ1) is 15.4. The SMILES string of the molecule is CCCCOO/C(C(=O)O)=C(\C(=O)O)C(C)C. The highest BCUT2D eigenvalue weighted by Crippen LogP contribution is 2.17. The molecule has 0 aliphatic carbocycles. The average Bonchev–Trinajstić information content (AvgIpc) is 2.20. The van der Waals surface area contributed by atoms with Crippen LogP contribution in [0.15, 0.2) is 11.3 Å². The smallest absolute Gasteiger partial charge is 0.375 e. The van der Waals surface area contributed by atoms with Crippen molar-refractivity contribution >= 4 is 11.9 Å². The lowest BCUT2D eigenvalue weighted by Gasteiger charge is -2.11. The van der Waals surface area contributed by atoms with Crippen molar-refractivity contribution in [3.8, 4) is 0 Å². The van der Waals surface area contributed by atoms with E-state index in [9.17, 15) is 9.59 Å². The van der Waals surface area contributed by atoms with Crippen LogP contribution in [0.5, 0.6) is 0 Å². The molecule has 0 rings (SSSR count). The number of carboxylic acid groups (broad SMARTS) is 2. The van der Waals surface area contributed by atoms with Crippen molar-refractivity contribution in [3.63, 3.8) is 0 Å². The van der Waals surface area contributed by atoms with Gasteiger partial charge in [-0.05, 0) is 12.3 Å². The van der Waals surface area contributed by atoms with Gasteiger partial charge in [-0.25, -0.2) is 9.59 Å². The summed E-state index contributed by atoms with van der Waals surface area (Å²) >= 11 is 0. The molecule has 2 N–H and O–H groups in total. The van der Waals surface area contributed by atoms with Crippen LogP contribution in [-0.4, -0.2) is 28.8 Å². The van der Waals surface area contributed by atoms with Crippen molar-refractivity contribution in [3.05, 3.63) is 11.3 Å². The molecular formula is C11H18O6. The van der Waals surface area contributed by atoms with Crippen LogP contribution in [0.1, 0.15) is 33.6 Å². The zero-order chi connectivity index (χ0) is 13.4. The standard InChI is InChI=1S/C11H18O6/c1-4-5-6-16-17-9(11(14)15)8(7(2)3)10(12)13/h7H,4-6H2,1-3H3,(H,12,13)(H,14,15)/b9-8-. The summed E-state index contributed by atoms with van der Waals surface area (Å²) in [6, 6.07) is 0. The van der Waals surface area contributed by atoms with Crippen LogP contribution in [0.4, 0.5) is 0 Å². The third-order valence-corrected chi connectivity index (χ3v) is 1.97. The van der Waals surface area contributed by atoms with E-state index in [4.69, 9.17) is 10.2 Å². The first-order valence-corrected chi connectivity index (χ1v) is 5.42. The molecule has 0 aromatic rings. The summed E-state index contributed by atoms with van der Waals surface area (Å²) in [7, 11) is 0. The topological polar surface area (TPSA) is 93.1 Å². The minimum Gasteiger partial charge on any atom is -0.478 e. The van der Waals surface area contributed by atoms with Gasteiger partial charge in [0.15, 0.2) is 0 Å². The summed E-state index contributed by atoms with van der Waals surface area (Å²) in [5.41, 5.74) is -0.311. The van der Waals surface area contributed by atoms with Crippen molar-refractivity contribution < 1.29 is 29.6 Å². The number of carboxylic acids is 2. The third kappa shape index (κ3) is 5.35. The van der Waals surface area contributed by atoms with E-state index in [0.29, 0.717) is 6.42 Å². The number of unbranched alkanes of at least 4 members (excludes halogenated alkanes) is 1. The monoisotopic (exact) mass is 246 g/mol. The zero-order valence-corrected chi connectivity index (χ0v) is 10.2. The van der Waals surface area contributed by atoms with Crippen molar-refractivity contribution in [2.45, 2.75) is 33.6 Å². The normalized spacial score (nSPS) is 12.2. The summed E-state index contributed by atoms with van der Waals surface area (Å²) in [6.45, 7) is 5.30. The summed E-state index contributed by atoms with van der Waals surface area (Å²) < 4.78 is 0. The molecule has 0 saturated heterocycles. The second-order valence-corrected chi connectivity index (χ2v) is 3.77. The first-order valence-electron chi connectivity index (χ1n) is 5.42. The number of carbonyl (C=O) groups is 2. The molecule has 0 aliphatic rings. The van der Waals surface area contributed by atoms with E-state index in [1.807, 2.05) is 6.92 Å². The Balaban J connectivity index is 4.84. The maximum Gasteiger partial charge on any atom is 0.375 e. The van der Waals surface area contributed by atoms with E-state index in [0.717, 1.165) is 6.42 Å². The average molecular weight is 246 g/mol. The lowest BCUT2D eigenvalue weighted by atomic mass is 10.0. The molecule has 0 bridgehead atoms. The highest BCUT2D eigenvalue weighted by Gasteiger charge is 2.25. The van der Waals surface area contributed by atoms with Gasteiger partial charge >= 0.3 is 11.9 Å². The van der Waals surface area contributed by atoms with E-state index >= 15 is 0 Å². The van der Waals surface area contributed by atoms with Gasteiger partial charge in [0.05, 0.1) is 12.2 Å². The van der Waals surface area contributed by atoms with E-state index in [1.165, 1.54) is 0 Å². The Labute approximate surface area is 99.8 Å². The second kappa shape index (κ2) is 7.67. The quantitative estimate of drug-likeness (QED) is 0.223. The van der Waals surface area contributed by atoms with Crippen LogP contribution >= 0.6 is 0 Å². The zero-order valence-electron chi connectivity index (χ0n) is 10.2. The van der Waals surface area contributed by atoms with Gasteiger partial charge in [0.2, 0.25) is 0 Å². The van der Waals surface area contributed by atoms with Crippen molar-refractivity contribution in [2.75, 3.05) is 6.61 Å². The highest BCUT2D eigenvalue weighted by molar-refractivity contribution is 5.97. The molecule has 0 heterocycles. The van der Waals surface area contributed by atoms with Crippen LogP contribution in [0.25, 0.3) is 0 Å². The molecule has 0 atom stereocenters. The third-order valence-electron chi connectivity index (χ3n) is 1.97. The Hall–Kier alpha value is -1.56. The summed E-state index contributed by atoms with van der Waals surface area (Å²) in [4.78, 5) is 31.1. The van der Waals surface area contributed by atoms with Crippen LogP contribution in [-0.2, 0) is 19.4 Å². The van der Waals surface area contributed by atoms with Crippen LogP contribution < -0.4 is 0 Å². The Morgan fingerprint density at radius 2 is 1.76 bits per heavy atom. The van der Waals surface area contributed by atoms with Crippen LogP contribution in [0.2, 0.25) is 0 Å². The number of rotatable bonds is 8. The summed E-state index contributed by atoms with van der Waals surface area (Å²) in [5, 5.41) is 17.8. The largest absolute Gasteiger partial charge is 0.478 e. The molecule has 0 spiro atoms. The van der Waals surface area contributed by atoms with Crippen LogP contribution in [0.3, 0.4) is 0 Å². The highest BCUT2D eigenvalue weighted by atomic mass is 17.2. The Kier molecular flexibility index (Phi) is 6.97. The van der Waals surface area contributed by atoms with Gasteiger partial charge in [0.25, 0.3) is 5.76 Å². The van der Waals surface area contributed by atoms with Gasteiger partial charge < -0.3 is 15.1 Å². The molecule has 0 fully saturated rings. The predicted molar refractivity (Wildman–Crippen MR) is 59.1 cm³/mol. The molecule has 0 saturated carbocycles. The van der Waals surface area contributed by atoms with Gasteiger partial charge in [-0.15, -0.1) is 0 Å². The lowest BCUT2D eigenvalue weighted by molar-refractivity contribution is -0.264. The Morgan fingerprint density at radius 3 is 2.12 bits per heavy atom. The van der Waals surface area contributed by atoms with Crippen molar-refractivity contribution in [2.24, 2.45) is 5.92 Å². The number of hydrogen-bond donors (Lipinski definition) is 2. The van der Waals surface area contributed by atoms with Gasteiger partial charge in [-0.2, -0.15) is 4.89 Å². The predicted octanol–water partition coefficient (Wildman–Crippen LogP) is 1.81. The molecular weight excluding hydrogens is 228 g/mol. The number of aliphatic carboxylic acids is 2. The molecule has 98 valence electrons. The Bertz CT molecular complexity index is 305. The molecule has 0 amide bonds. The van der Waals surface area contributed by atoms with Gasteiger partial charge in [-0.3, -0.25) is 0 Å². The molecule has 0 unspecified atom stereocenters. The fourth-order valence-corrected chi connectivity index (χ4v) is 1.11. The van der Waals surface area contributed by atoms with Crippen LogP contribution in [0, 0.1) is 5.92 Å². The fourth-order valence-electron chi connectivity index (χ4n) is 1.11. The van der Waals surface area contributed by atoms with E-state index in [2.05, 4.69) is 9.78 Å². The van der Waals surface area contributed by atoms with E-state index in [-0.39, 0.29) is 12.2 Å². The summed E-state index contributed by atoms with van der Waals surface area (Å²) in [5.74, 6) is -3.92. The van der Waals surface area contributed by atoms with Gasteiger partial charge in [-0.1, -0.05) is 27.2 Å². The van der Waals surface area contributed by atoms with Gasteiger partial charge in [0.1, 0.15) is 0 Å². The molecule has 0 aromatic carbocycles. The fraction of sp³-hybridized carbons (Fsp3) is 0.636. The maximum atomic E-state index is 10.9.